The van der Waals surface area contributed by atoms with E-state index in [1.807, 2.05) is 48.5 Å². The normalized spacial score (nSPS) is 11.1. The van der Waals surface area contributed by atoms with Gasteiger partial charge in [0.2, 0.25) is 11.8 Å². The highest BCUT2D eigenvalue weighted by Crippen LogP contribution is 2.13. The van der Waals surface area contributed by atoms with E-state index in [-0.39, 0.29) is 11.8 Å². The Morgan fingerprint density at radius 2 is 1.40 bits per heavy atom. The Bertz CT molecular complexity index is 956. The molecule has 0 radical (unpaired) electrons. The third-order valence-corrected chi connectivity index (χ3v) is 5.17. The number of methoxy groups -OCH3 is 2. The summed E-state index contributed by atoms with van der Waals surface area (Å²) in [7, 11) is 3.22. The van der Waals surface area contributed by atoms with Gasteiger partial charge in [-0.05, 0) is 60.5 Å². The van der Waals surface area contributed by atoms with Gasteiger partial charge in [0.05, 0.1) is 14.2 Å². The maximum Gasteiger partial charge on any atom is 0.246 e. The summed E-state index contributed by atoms with van der Waals surface area (Å²) in [6.45, 7) is 3.40. The highest BCUT2D eigenvalue weighted by Gasteiger charge is 2.10. The molecule has 0 unspecified atom stereocenters. The van der Waals surface area contributed by atoms with Gasteiger partial charge in [0, 0.05) is 44.9 Å². The van der Waals surface area contributed by atoms with Crippen LogP contribution in [0.1, 0.15) is 17.5 Å². The van der Waals surface area contributed by atoms with Gasteiger partial charge in [-0.25, -0.2) is 0 Å². The minimum Gasteiger partial charge on any atom is -0.497 e. The zero-order valence-corrected chi connectivity index (χ0v) is 20.5. The van der Waals surface area contributed by atoms with Gasteiger partial charge in [-0.3, -0.25) is 9.59 Å². The standard InChI is InChI=1S/C27H36N4O4/c1-34-24-10-4-22(5-11-24)8-14-26(32)30-19-21-31(20-3-17-29-18-16-28)27(33)15-9-23-6-12-25(35-2)13-7-23/h4-15,29H,3,16-21,28H2,1-2H3,(H,30,32)/b14-8+,15-9+. The van der Waals surface area contributed by atoms with Crippen molar-refractivity contribution in [3.05, 3.63) is 71.8 Å². The summed E-state index contributed by atoms with van der Waals surface area (Å²) < 4.78 is 10.3. The first-order chi connectivity index (χ1) is 17.0. The molecule has 0 bridgehead atoms. The van der Waals surface area contributed by atoms with Gasteiger partial charge in [0.15, 0.2) is 0 Å². The minimum atomic E-state index is -0.216. The largest absolute Gasteiger partial charge is 0.497 e. The number of benzene rings is 2. The molecule has 0 aliphatic carbocycles. The number of ether oxygens (including phenoxy) is 2. The predicted molar refractivity (Wildman–Crippen MR) is 140 cm³/mol. The van der Waals surface area contributed by atoms with Crippen LogP contribution in [0.5, 0.6) is 11.5 Å². The van der Waals surface area contributed by atoms with E-state index >= 15 is 0 Å². The van der Waals surface area contributed by atoms with Crippen LogP contribution in [-0.2, 0) is 9.59 Å². The molecule has 0 aromatic heterocycles. The molecule has 0 fully saturated rings. The monoisotopic (exact) mass is 480 g/mol. The molecule has 2 aromatic rings. The summed E-state index contributed by atoms with van der Waals surface area (Å²) in [6.07, 6.45) is 7.33. The van der Waals surface area contributed by atoms with Crippen molar-refractivity contribution in [2.45, 2.75) is 6.42 Å². The van der Waals surface area contributed by atoms with Crippen molar-refractivity contribution in [1.82, 2.24) is 15.5 Å². The quantitative estimate of drug-likeness (QED) is 0.267. The highest BCUT2D eigenvalue weighted by atomic mass is 16.5. The summed E-state index contributed by atoms with van der Waals surface area (Å²) in [5.74, 6) is 1.20. The lowest BCUT2D eigenvalue weighted by Gasteiger charge is -2.21. The second-order valence-corrected chi connectivity index (χ2v) is 7.72. The molecular weight excluding hydrogens is 444 g/mol. The molecule has 2 aromatic carbocycles. The number of carbonyl (C=O) groups is 2. The average molecular weight is 481 g/mol. The lowest BCUT2D eigenvalue weighted by molar-refractivity contribution is -0.126. The zero-order chi connectivity index (χ0) is 25.3. The van der Waals surface area contributed by atoms with Crippen LogP contribution in [-0.4, -0.2) is 70.2 Å². The van der Waals surface area contributed by atoms with E-state index in [2.05, 4.69) is 10.6 Å². The molecule has 4 N–H and O–H groups in total. The second-order valence-electron chi connectivity index (χ2n) is 7.72. The van der Waals surface area contributed by atoms with Crippen molar-refractivity contribution in [3.63, 3.8) is 0 Å². The predicted octanol–water partition coefficient (Wildman–Crippen LogP) is 2.31. The smallest absolute Gasteiger partial charge is 0.246 e. The molecular formula is C27H36N4O4. The number of nitrogens with one attached hydrogen (secondary N) is 2. The van der Waals surface area contributed by atoms with Crippen molar-refractivity contribution >= 4 is 24.0 Å². The average Bonchev–Trinajstić information content (AvgIpc) is 2.90. The van der Waals surface area contributed by atoms with Crippen molar-refractivity contribution < 1.29 is 19.1 Å². The second kappa shape index (κ2) is 16.1. The van der Waals surface area contributed by atoms with Crippen LogP contribution in [0.3, 0.4) is 0 Å². The van der Waals surface area contributed by atoms with E-state index < -0.39 is 0 Å². The van der Waals surface area contributed by atoms with Crippen LogP contribution < -0.4 is 25.8 Å². The van der Waals surface area contributed by atoms with Gasteiger partial charge in [-0.1, -0.05) is 24.3 Å². The number of nitrogens with zero attached hydrogens (tertiary/aromatic N) is 1. The molecule has 2 amide bonds. The lowest BCUT2D eigenvalue weighted by atomic mass is 10.2. The first kappa shape index (κ1) is 27.6. The topological polar surface area (TPSA) is 106 Å². The Hall–Kier alpha value is -3.62. The van der Waals surface area contributed by atoms with Gasteiger partial charge in [0.25, 0.3) is 0 Å². The number of hydrogen-bond acceptors (Lipinski definition) is 6. The summed E-state index contributed by atoms with van der Waals surface area (Å²) in [5.41, 5.74) is 7.30. The molecule has 0 aliphatic rings. The summed E-state index contributed by atoms with van der Waals surface area (Å²) in [4.78, 5) is 26.8. The first-order valence-corrected chi connectivity index (χ1v) is 11.7. The summed E-state index contributed by atoms with van der Waals surface area (Å²) >= 11 is 0. The summed E-state index contributed by atoms with van der Waals surface area (Å²) in [6, 6.07) is 14.9. The van der Waals surface area contributed by atoms with E-state index in [9.17, 15) is 9.59 Å². The van der Waals surface area contributed by atoms with Crippen molar-refractivity contribution in [2.75, 3.05) is 53.5 Å². The Labute approximate surface area is 207 Å². The molecule has 0 saturated heterocycles. The molecule has 0 heterocycles. The van der Waals surface area contributed by atoms with Crippen LogP contribution in [0.25, 0.3) is 12.2 Å². The van der Waals surface area contributed by atoms with E-state index in [0.717, 1.165) is 42.1 Å². The fourth-order valence-corrected chi connectivity index (χ4v) is 3.20. The van der Waals surface area contributed by atoms with Crippen molar-refractivity contribution in [3.8, 4) is 11.5 Å². The maximum atomic E-state index is 12.8. The van der Waals surface area contributed by atoms with Gasteiger partial charge in [-0.15, -0.1) is 0 Å². The van der Waals surface area contributed by atoms with E-state index in [0.29, 0.717) is 26.2 Å². The van der Waals surface area contributed by atoms with Crippen LogP contribution in [0.4, 0.5) is 0 Å². The first-order valence-electron chi connectivity index (χ1n) is 11.7. The van der Waals surface area contributed by atoms with E-state index in [1.165, 1.54) is 6.08 Å². The van der Waals surface area contributed by atoms with Gasteiger partial charge >= 0.3 is 0 Å². The van der Waals surface area contributed by atoms with Gasteiger partial charge in [0.1, 0.15) is 11.5 Å². The van der Waals surface area contributed by atoms with Crippen molar-refractivity contribution in [1.29, 1.82) is 0 Å². The Morgan fingerprint density at radius 3 is 1.94 bits per heavy atom. The molecule has 0 saturated carbocycles. The van der Waals surface area contributed by atoms with Crippen LogP contribution >= 0.6 is 0 Å². The summed E-state index contributed by atoms with van der Waals surface area (Å²) in [5, 5.41) is 6.08. The molecule has 188 valence electrons. The number of nitrogens with two attached hydrogens (primary N) is 1. The SMILES string of the molecule is COc1ccc(/C=C/C(=O)NCCN(CCCNCCN)C(=O)/C=C/c2ccc(OC)cc2)cc1. The van der Waals surface area contributed by atoms with E-state index in [1.54, 1.807) is 37.3 Å². The van der Waals surface area contributed by atoms with Gasteiger partial charge < -0.3 is 30.7 Å². The molecule has 8 nitrogen and oxygen atoms in total. The number of amides is 2. The number of hydrogen-bond donors (Lipinski definition) is 3. The fraction of sp³-hybridized carbons (Fsp3) is 0.333. The highest BCUT2D eigenvalue weighted by molar-refractivity contribution is 5.92. The van der Waals surface area contributed by atoms with Crippen LogP contribution in [0, 0.1) is 0 Å². The third kappa shape index (κ3) is 10.9. The van der Waals surface area contributed by atoms with Crippen LogP contribution in [0.15, 0.2) is 60.7 Å². The molecule has 2 rings (SSSR count). The molecule has 0 aliphatic heterocycles. The van der Waals surface area contributed by atoms with Crippen molar-refractivity contribution in [2.24, 2.45) is 5.73 Å². The molecule has 0 atom stereocenters. The Morgan fingerprint density at radius 1 is 0.829 bits per heavy atom. The zero-order valence-electron chi connectivity index (χ0n) is 20.5. The molecule has 35 heavy (non-hydrogen) atoms. The minimum absolute atomic E-state index is 0.109. The molecule has 0 spiro atoms. The lowest BCUT2D eigenvalue weighted by Crippen LogP contribution is -2.39. The van der Waals surface area contributed by atoms with Gasteiger partial charge in [-0.2, -0.15) is 0 Å². The number of rotatable bonds is 15. The Kier molecular flexibility index (Phi) is 12.7. The third-order valence-electron chi connectivity index (χ3n) is 5.17. The number of carbonyl (C=O) groups excluding carboxylic acids is 2. The maximum absolute atomic E-state index is 12.8. The van der Waals surface area contributed by atoms with Crippen LogP contribution in [0.2, 0.25) is 0 Å². The van der Waals surface area contributed by atoms with E-state index in [4.69, 9.17) is 15.2 Å². The fourth-order valence-electron chi connectivity index (χ4n) is 3.20. The molecule has 8 heteroatoms. The Balaban J connectivity index is 1.88.